The number of carbonyl (C=O) groups excluding carboxylic acids is 1. The Labute approximate surface area is 241 Å². The normalized spacial score (nSPS) is 13.3. The maximum Gasteiger partial charge on any atom is 0.155 e. The van der Waals surface area contributed by atoms with Crippen molar-refractivity contribution in [3.63, 3.8) is 0 Å². The first-order valence-corrected chi connectivity index (χ1v) is 12.8. The molecule has 0 atom stereocenters. The molecule has 0 unspecified atom stereocenters. The summed E-state index contributed by atoms with van der Waals surface area (Å²) in [5.74, 6) is -0.0625. The number of allylic oxidation sites excluding steroid dienone is 2. The van der Waals surface area contributed by atoms with Gasteiger partial charge < -0.3 is 19.3 Å². The van der Waals surface area contributed by atoms with Crippen molar-refractivity contribution in [3.05, 3.63) is 103 Å². The van der Waals surface area contributed by atoms with E-state index in [0.717, 1.165) is 5.69 Å². The van der Waals surface area contributed by atoms with E-state index in [2.05, 4.69) is 120 Å². The van der Waals surface area contributed by atoms with E-state index in [1.54, 1.807) is 0 Å². The molecule has 6 aromatic rings. The van der Waals surface area contributed by atoms with Crippen molar-refractivity contribution >= 4 is 60.9 Å². The van der Waals surface area contributed by atoms with Gasteiger partial charge in [-0.1, -0.05) is 54.2 Å². The van der Waals surface area contributed by atoms with Crippen LogP contribution in [0.25, 0.3) is 38.1 Å². The maximum atomic E-state index is 10.0. The minimum Gasteiger partial charge on any atom is -0.512 e. The van der Waals surface area contributed by atoms with Crippen LogP contribution in [0.1, 0.15) is 27.7 Å². The van der Waals surface area contributed by atoms with E-state index in [-0.39, 0.29) is 31.6 Å². The average Bonchev–Trinajstić information content (AvgIpc) is 3.55. The van der Waals surface area contributed by atoms with Crippen molar-refractivity contribution in [2.75, 3.05) is 9.80 Å². The number of aliphatic hydroxyl groups excluding tert-OH is 1. The van der Waals surface area contributed by atoms with Crippen molar-refractivity contribution in [1.82, 2.24) is 4.40 Å². The number of fused-ring (bicyclic) bond motifs is 7. The second-order valence-electron chi connectivity index (χ2n) is 10.0. The van der Waals surface area contributed by atoms with Crippen LogP contribution in [-0.4, -0.2) is 21.3 Å². The van der Waals surface area contributed by atoms with Crippen molar-refractivity contribution in [3.8, 4) is 0 Å². The zero-order valence-corrected chi connectivity index (χ0v) is 24.7. The number of hydrogen-bond donors (Lipinski definition) is 1. The van der Waals surface area contributed by atoms with Gasteiger partial charge in [-0.2, -0.15) is 24.9 Å². The Kier molecular flexibility index (Phi) is 7.11. The van der Waals surface area contributed by atoms with Crippen LogP contribution in [-0.2, 0) is 24.9 Å². The number of aliphatic hydroxyl groups is 1. The molecular weight excluding hydrogens is 663 g/mol. The van der Waals surface area contributed by atoms with Gasteiger partial charge in [0.1, 0.15) is 0 Å². The molecule has 6 heteroatoms. The Morgan fingerprint density at radius 1 is 0.846 bits per heavy atom. The Bertz CT molecular complexity index is 1850. The van der Waals surface area contributed by atoms with Gasteiger partial charge in [0, 0.05) is 59.4 Å². The van der Waals surface area contributed by atoms with Crippen LogP contribution in [0.3, 0.4) is 0 Å². The molecule has 5 nitrogen and oxygen atoms in total. The Balaban J connectivity index is 0.000000345. The summed E-state index contributed by atoms with van der Waals surface area (Å²) in [6, 6.07) is 32.3. The van der Waals surface area contributed by atoms with Gasteiger partial charge in [0.05, 0.1) is 5.76 Å². The van der Waals surface area contributed by atoms with Gasteiger partial charge in [0.2, 0.25) is 0 Å². The Hall–Kier alpha value is -3.86. The summed E-state index contributed by atoms with van der Waals surface area (Å²) >= 11 is 0. The zero-order valence-electron chi connectivity index (χ0n) is 22.3. The summed E-state index contributed by atoms with van der Waals surface area (Å²) in [4.78, 5) is 14.7. The number of anilines is 3. The van der Waals surface area contributed by atoms with Crippen molar-refractivity contribution < 1.29 is 30.0 Å². The van der Waals surface area contributed by atoms with E-state index in [4.69, 9.17) is 5.11 Å². The summed E-state index contributed by atoms with van der Waals surface area (Å²) in [6.45, 7) is 9.54. The fourth-order valence-corrected chi connectivity index (χ4v) is 5.59. The molecule has 0 saturated heterocycles. The van der Waals surface area contributed by atoms with E-state index in [9.17, 15) is 4.79 Å². The Morgan fingerprint density at radius 3 is 2.13 bits per heavy atom. The number of ketones is 1. The van der Waals surface area contributed by atoms with Crippen LogP contribution >= 0.6 is 0 Å². The van der Waals surface area contributed by atoms with E-state index >= 15 is 0 Å². The van der Waals surface area contributed by atoms with Gasteiger partial charge in [0.25, 0.3) is 0 Å². The van der Waals surface area contributed by atoms with Crippen LogP contribution in [0.5, 0.6) is 0 Å². The molecule has 2 aromatic heterocycles. The monoisotopic (exact) mass is 692 g/mol. The van der Waals surface area contributed by atoms with Crippen LogP contribution in [0, 0.1) is 12.7 Å². The molecule has 7 rings (SSSR count). The topological polar surface area (TPSA) is 48.2 Å². The van der Waals surface area contributed by atoms with Crippen LogP contribution in [0.15, 0.2) is 90.7 Å². The fourth-order valence-electron chi connectivity index (χ4n) is 5.59. The number of benzene rings is 4. The molecule has 4 aromatic carbocycles. The average molecular weight is 692 g/mol. The largest absolute Gasteiger partial charge is 0.512 e. The zero-order chi connectivity index (χ0) is 26.6. The number of rotatable bonds is 3. The van der Waals surface area contributed by atoms with E-state index in [1.165, 1.54) is 69.4 Å². The molecule has 1 N–H and O–H groups in total. The molecule has 3 heterocycles. The van der Waals surface area contributed by atoms with Gasteiger partial charge in [0.15, 0.2) is 5.78 Å². The first kappa shape index (κ1) is 26.7. The second kappa shape index (κ2) is 10.4. The van der Waals surface area contributed by atoms with Gasteiger partial charge in [-0.3, -0.25) is 4.79 Å². The molecule has 0 aliphatic carbocycles. The third-order valence-corrected chi connectivity index (χ3v) is 7.03. The maximum absolute atomic E-state index is 10.0. The molecule has 1 radical (unpaired) electrons. The van der Waals surface area contributed by atoms with Gasteiger partial charge in [-0.15, -0.1) is 5.39 Å². The molecule has 0 spiro atoms. The number of carbonyl (C=O) groups is 1. The minimum absolute atomic E-state index is 0. The number of aromatic nitrogens is 1. The first-order valence-electron chi connectivity index (χ1n) is 12.8. The van der Waals surface area contributed by atoms with E-state index in [0.29, 0.717) is 6.04 Å². The molecule has 39 heavy (non-hydrogen) atoms. The molecule has 0 saturated carbocycles. The minimum atomic E-state index is -0.125. The van der Waals surface area contributed by atoms with Gasteiger partial charge >= 0.3 is 0 Å². The second-order valence-corrected chi connectivity index (χ2v) is 10.0. The van der Waals surface area contributed by atoms with Crippen molar-refractivity contribution in [2.24, 2.45) is 0 Å². The fraction of sp³-hybridized carbons (Fsp3) is 0.152. The van der Waals surface area contributed by atoms with Crippen LogP contribution in [0.4, 0.5) is 17.1 Å². The molecule has 1 aliphatic heterocycles. The van der Waals surface area contributed by atoms with Crippen molar-refractivity contribution in [1.29, 1.82) is 0 Å². The number of para-hydroxylation sites is 4. The predicted molar refractivity (Wildman–Crippen MR) is 157 cm³/mol. The third-order valence-electron chi connectivity index (χ3n) is 7.03. The predicted octanol–water partition coefficient (Wildman–Crippen LogP) is 8.16. The first-order chi connectivity index (χ1) is 18.4. The van der Waals surface area contributed by atoms with Crippen molar-refractivity contribution in [2.45, 2.75) is 33.7 Å². The Morgan fingerprint density at radius 2 is 1.46 bits per heavy atom. The number of hydrogen-bond acceptors (Lipinski definition) is 4. The summed E-state index contributed by atoms with van der Waals surface area (Å²) in [6.07, 6.45) is 1.17. The summed E-state index contributed by atoms with van der Waals surface area (Å²) in [5, 5.41) is 13.5. The van der Waals surface area contributed by atoms with Crippen LogP contribution < -0.4 is 9.80 Å². The molecular formula is C33H29IrN3O2-2. The molecule has 0 amide bonds. The summed E-state index contributed by atoms with van der Waals surface area (Å²) in [5.41, 5.74) is 7.29. The smallest absolute Gasteiger partial charge is 0.155 e. The molecule has 0 fully saturated rings. The summed E-state index contributed by atoms with van der Waals surface area (Å²) in [7, 11) is 0. The van der Waals surface area contributed by atoms with E-state index < -0.39 is 0 Å². The SMILES string of the molecule is CC(=O)/C=C(/C)O.CC(C)N1[CH-]N(c2[c-]ccc3c4cccc5c6ccccc6n(c23)c54)c2ccccc21.[Ir]. The van der Waals surface area contributed by atoms with E-state index in [1.807, 2.05) is 0 Å². The van der Waals surface area contributed by atoms with Gasteiger partial charge in [-0.05, 0) is 62.8 Å². The third kappa shape index (κ3) is 4.34. The van der Waals surface area contributed by atoms with Crippen LogP contribution in [0.2, 0.25) is 0 Å². The molecule has 0 bridgehead atoms. The molecule has 1 aliphatic rings. The standard InChI is InChI=1S/C28H21N3.C5H8O2.Ir/c1-18(2)29-17-30(25-15-6-5-14-24(25)29)26-16-8-12-22-21-11-7-10-20-19-9-3-4-13-23(19)31(27(20)21)28(22)26;1-4(6)3-5(2)7;/h3-15,17-18H,1-2H3;3,6H,1-2H3;/q-2;;/b;4-3-;. The quantitative estimate of drug-likeness (QED) is 0.116. The molecule has 199 valence electrons. The summed E-state index contributed by atoms with van der Waals surface area (Å²) < 4.78 is 2.44. The number of nitrogens with zero attached hydrogens (tertiary/aromatic N) is 3. The van der Waals surface area contributed by atoms with Gasteiger partial charge in [-0.25, -0.2) is 0 Å².